The first-order valence-electron chi connectivity index (χ1n) is 1.78. The van der Waals surface area contributed by atoms with E-state index in [9.17, 15) is 0 Å². The van der Waals surface area contributed by atoms with Crippen LogP contribution < -0.4 is 5.32 Å². The molecule has 1 aliphatic heterocycles. The molecule has 7 heavy (non-hydrogen) atoms. The highest BCUT2D eigenvalue weighted by atomic mass is 35.5. The second kappa shape index (κ2) is 6.17. The van der Waals surface area contributed by atoms with E-state index in [1.54, 1.807) is 0 Å². The number of rotatable bonds is 0. The van der Waals surface area contributed by atoms with Crippen LogP contribution in [0.4, 0.5) is 0 Å². The Balaban J connectivity index is 0. The molecule has 0 spiro atoms. The number of nitrogens with one attached hydrogen (secondary N) is 1. The van der Waals surface area contributed by atoms with Crippen molar-refractivity contribution in [2.45, 2.75) is 0 Å². The van der Waals surface area contributed by atoms with E-state index in [0.717, 1.165) is 19.9 Å². The molecule has 0 aromatic rings. The number of hydrogen-bond donors (Lipinski definition) is 1. The zero-order chi connectivity index (χ0) is 3.54. The molecule has 3 nitrogen and oxygen atoms in total. The van der Waals surface area contributed by atoms with Gasteiger partial charge in [-0.2, -0.15) is 0 Å². The lowest BCUT2D eigenvalue weighted by Crippen LogP contribution is -2.05. The van der Waals surface area contributed by atoms with Gasteiger partial charge in [0.05, 0.1) is 13.3 Å². The van der Waals surface area contributed by atoms with Gasteiger partial charge in [-0.05, 0) is 0 Å². The molecule has 0 saturated carbocycles. The maximum atomic E-state index is 4.83. The van der Waals surface area contributed by atoms with E-state index in [2.05, 4.69) is 5.32 Å². The molecule has 3 N–H and O–H groups in total. The summed E-state index contributed by atoms with van der Waals surface area (Å²) in [6, 6.07) is 0. The fourth-order valence-electron chi connectivity index (χ4n) is 0.361. The molecule has 0 amide bonds. The molecular formula is C3H10ClNO2. The SMILES string of the molecule is C1COCN1.Cl.O. The average Bonchev–Trinajstić information content (AvgIpc) is 1.76. The number of ether oxygens (including phenoxy) is 1. The summed E-state index contributed by atoms with van der Waals surface area (Å²) in [7, 11) is 0. The first-order chi connectivity index (χ1) is 2.50. The smallest absolute Gasteiger partial charge is 0.0966 e. The monoisotopic (exact) mass is 127 g/mol. The van der Waals surface area contributed by atoms with Crippen LogP contribution in [0.25, 0.3) is 0 Å². The number of hydrogen-bond acceptors (Lipinski definition) is 2. The summed E-state index contributed by atoms with van der Waals surface area (Å²) in [6.07, 6.45) is 0. The molecule has 0 aromatic heterocycles. The van der Waals surface area contributed by atoms with Gasteiger partial charge in [0.1, 0.15) is 0 Å². The van der Waals surface area contributed by atoms with Crippen molar-refractivity contribution in [1.29, 1.82) is 0 Å². The topological polar surface area (TPSA) is 52.8 Å². The van der Waals surface area contributed by atoms with Crippen LogP contribution >= 0.6 is 12.4 Å². The lowest BCUT2D eigenvalue weighted by molar-refractivity contribution is 0.194. The van der Waals surface area contributed by atoms with Crippen LogP contribution in [0.5, 0.6) is 0 Å². The molecule has 46 valence electrons. The number of halogens is 1. The molecule has 1 saturated heterocycles. The summed E-state index contributed by atoms with van der Waals surface area (Å²) >= 11 is 0. The third-order valence-electron chi connectivity index (χ3n) is 0.627. The van der Waals surface area contributed by atoms with Crippen LogP contribution in [0.15, 0.2) is 0 Å². The van der Waals surface area contributed by atoms with Gasteiger partial charge in [0, 0.05) is 6.54 Å². The third kappa shape index (κ3) is 4.01. The summed E-state index contributed by atoms with van der Waals surface area (Å²) in [5.41, 5.74) is 0. The van der Waals surface area contributed by atoms with Gasteiger partial charge in [-0.15, -0.1) is 12.4 Å². The molecule has 0 aromatic carbocycles. The Kier molecular flexibility index (Phi) is 9.00. The fourth-order valence-corrected chi connectivity index (χ4v) is 0.361. The maximum Gasteiger partial charge on any atom is 0.0966 e. The van der Waals surface area contributed by atoms with Crippen molar-refractivity contribution in [2.75, 3.05) is 19.9 Å². The standard InChI is InChI=1S/C3H7NO.ClH.H2O/c1-2-5-3-4-1;;/h4H,1-3H2;1H;1H2. The van der Waals surface area contributed by atoms with Crippen LogP contribution in [-0.4, -0.2) is 25.4 Å². The summed E-state index contributed by atoms with van der Waals surface area (Å²) in [4.78, 5) is 0. The van der Waals surface area contributed by atoms with E-state index in [4.69, 9.17) is 4.74 Å². The minimum absolute atomic E-state index is 0. The Morgan fingerprint density at radius 1 is 1.43 bits per heavy atom. The van der Waals surface area contributed by atoms with Gasteiger partial charge in [0.25, 0.3) is 0 Å². The van der Waals surface area contributed by atoms with Crippen LogP contribution in [0.1, 0.15) is 0 Å². The predicted octanol–water partition coefficient (Wildman–Crippen LogP) is -0.839. The van der Waals surface area contributed by atoms with E-state index in [-0.39, 0.29) is 17.9 Å². The highest BCUT2D eigenvalue weighted by Crippen LogP contribution is 1.75. The molecule has 1 heterocycles. The van der Waals surface area contributed by atoms with E-state index in [1.807, 2.05) is 0 Å². The average molecular weight is 128 g/mol. The van der Waals surface area contributed by atoms with Crippen molar-refractivity contribution < 1.29 is 10.2 Å². The first-order valence-corrected chi connectivity index (χ1v) is 1.78. The van der Waals surface area contributed by atoms with E-state index in [0.29, 0.717) is 0 Å². The zero-order valence-corrected chi connectivity index (χ0v) is 4.75. The van der Waals surface area contributed by atoms with Crippen molar-refractivity contribution in [3.05, 3.63) is 0 Å². The van der Waals surface area contributed by atoms with Gasteiger partial charge in [-0.3, -0.25) is 5.32 Å². The Morgan fingerprint density at radius 2 is 2.14 bits per heavy atom. The molecular weight excluding hydrogens is 117 g/mol. The van der Waals surface area contributed by atoms with Gasteiger partial charge in [-0.25, -0.2) is 0 Å². The van der Waals surface area contributed by atoms with Crippen LogP contribution in [0.2, 0.25) is 0 Å². The molecule has 1 fully saturated rings. The van der Waals surface area contributed by atoms with Crippen LogP contribution in [-0.2, 0) is 4.74 Å². The van der Waals surface area contributed by atoms with Crippen molar-refractivity contribution >= 4 is 12.4 Å². The molecule has 0 radical (unpaired) electrons. The van der Waals surface area contributed by atoms with E-state index < -0.39 is 0 Å². The minimum atomic E-state index is 0. The van der Waals surface area contributed by atoms with Crippen molar-refractivity contribution in [1.82, 2.24) is 5.32 Å². The molecule has 0 unspecified atom stereocenters. The molecule has 0 aliphatic carbocycles. The molecule has 4 heteroatoms. The normalized spacial score (nSPS) is 17.1. The summed E-state index contributed by atoms with van der Waals surface area (Å²) < 4.78 is 4.83. The van der Waals surface area contributed by atoms with Gasteiger partial charge >= 0.3 is 0 Å². The van der Waals surface area contributed by atoms with E-state index >= 15 is 0 Å². The summed E-state index contributed by atoms with van der Waals surface area (Å²) in [5, 5.41) is 3.00. The minimum Gasteiger partial charge on any atom is -0.412 e. The van der Waals surface area contributed by atoms with Gasteiger partial charge in [-0.1, -0.05) is 0 Å². The predicted molar refractivity (Wildman–Crippen MR) is 29.7 cm³/mol. The highest BCUT2D eigenvalue weighted by molar-refractivity contribution is 5.85. The van der Waals surface area contributed by atoms with Crippen molar-refractivity contribution in [2.24, 2.45) is 0 Å². The second-order valence-electron chi connectivity index (χ2n) is 1.05. The highest BCUT2D eigenvalue weighted by Gasteiger charge is 1.92. The van der Waals surface area contributed by atoms with Crippen LogP contribution in [0, 0.1) is 0 Å². The Hall–Kier alpha value is 0.170. The summed E-state index contributed by atoms with van der Waals surface area (Å²) in [6.45, 7) is 2.67. The van der Waals surface area contributed by atoms with Gasteiger partial charge in [0.2, 0.25) is 0 Å². The molecule has 1 aliphatic rings. The first kappa shape index (κ1) is 10.2. The molecule has 0 bridgehead atoms. The van der Waals surface area contributed by atoms with Crippen molar-refractivity contribution in [3.63, 3.8) is 0 Å². The largest absolute Gasteiger partial charge is 0.412 e. The second-order valence-corrected chi connectivity index (χ2v) is 1.05. The lowest BCUT2D eigenvalue weighted by Gasteiger charge is -1.76. The van der Waals surface area contributed by atoms with E-state index in [1.165, 1.54) is 0 Å². The third-order valence-corrected chi connectivity index (χ3v) is 0.627. The molecule has 1 rings (SSSR count). The Bertz CT molecular complexity index is 24.5. The van der Waals surface area contributed by atoms with Crippen molar-refractivity contribution in [3.8, 4) is 0 Å². The fraction of sp³-hybridized carbons (Fsp3) is 1.00. The Labute approximate surface area is 48.8 Å². The van der Waals surface area contributed by atoms with Crippen LogP contribution in [0.3, 0.4) is 0 Å². The van der Waals surface area contributed by atoms with Gasteiger partial charge in [0.15, 0.2) is 0 Å². The van der Waals surface area contributed by atoms with Gasteiger partial charge < -0.3 is 10.2 Å². The summed E-state index contributed by atoms with van der Waals surface area (Å²) in [5.74, 6) is 0. The molecule has 0 atom stereocenters. The zero-order valence-electron chi connectivity index (χ0n) is 3.94. The lowest BCUT2D eigenvalue weighted by atomic mass is 10.7. The quantitative estimate of drug-likeness (QED) is 0.462. The maximum absolute atomic E-state index is 4.83. The Morgan fingerprint density at radius 3 is 2.29 bits per heavy atom.